The van der Waals surface area contributed by atoms with E-state index in [2.05, 4.69) is 15.3 Å². The molecule has 2 aromatic heterocycles. The molecule has 21 heavy (non-hydrogen) atoms. The largest absolute Gasteiger partial charge is 0.396 e. The lowest BCUT2D eigenvalue weighted by Gasteiger charge is -2.07. The minimum atomic E-state index is -0.433. The van der Waals surface area contributed by atoms with Gasteiger partial charge in [0.1, 0.15) is 0 Å². The van der Waals surface area contributed by atoms with Crippen LogP contribution in [-0.4, -0.2) is 37.4 Å². The van der Waals surface area contributed by atoms with Crippen LogP contribution in [0.2, 0.25) is 0 Å². The molecule has 0 aliphatic carbocycles. The van der Waals surface area contributed by atoms with Gasteiger partial charge in [0.05, 0.1) is 0 Å². The highest BCUT2D eigenvalue weighted by atomic mass is 16.3. The quantitative estimate of drug-likeness (QED) is 0.629. The zero-order valence-corrected chi connectivity index (χ0v) is 12.3. The fraction of sp³-hybridized carbons (Fsp3) is 0.615. The molecule has 0 saturated heterocycles. The number of aromatic nitrogens is 4. The summed E-state index contributed by atoms with van der Waals surface area (Å²) in [5, 5.41) is 11.9. The molecule has 0 aliphatic rings. The Bertz CT molecular complexity index is 728. The van der Waals surface area contributed by atoms with Crippen molar-refractivity contribution in [3.8, 4) is 0 Å². The molecule has 116 valence electrons. The summed E-state index contributed by atoms with van der Waals surface area (Å²) in [5.41, 5.74) is -0.0556. The first-order valence-electron chi connectivity index (χ1n) is 7.22. The predicted octanol–water partition coefficient (Wildman–Crippen LogP) is 0.110. The van der Waals surface area contributed by atoms with E-state index in [1.54, 1.807) is 4.57 Å². The third-order valence-electron chi connectivity index (χ3n) is 3.27. The number of H-pyrrole nitrogens is 1. The molecule has 8 nitrogen and oxygen atoms in total. The van der Waals surface area contributed by atoms with Crippen molar-refractivity contribution in [3.05, 3.63) is 20.8 Å². The molecule has 3 N–H and O–H groups in total. The Labute approximate surface area is 121 Å². The standard InChI is InChI=1S/C13H21N5O3/c1-3-7-18-10-9(11(20)16-13(18)21)17(4-2)12(15-10)14-6-5-8-19/h19H,3-8H2,1-2H3,(H,14,15)(H,16,20,21). The van der Waals surface area contributed by atoms with E-state index in [-0.39, 0.29) is 6.61 Å². The minimum Gasteiger partial charge on any atom is -0.396 e. The second kappa shape index (κ2) is 6.57. The van der Waals surface area contributed by atoms with Crippen LogP contribution < -0.4 is 16.6 Å². The first-order valence-corrected chi connectivity index (χ1v) is 7.22. The van der Waals surface area contributed by atoms with Gasteiger partial charge in [0.2, 0.25) is 5.95 Å². The van der Waals surface area contributed by atoms with E-state index < -0.39 is 11.2 Å². The number of nitrogens with zero attached hydrogens (tertiary/aromatic N) is 3. The summed E-state index contributed by atoms with van der Waals surface area (Å²) in [6.45, 7) is 5.57. The number of aromatic amines is 1. The molecule has 2 rings (SSSR count). The van der Waals surface area contributed by atoms with Crippen molar-refractivity contribution in [3.63, 3.8) is 0 Å². The van der Waals surface area contributed by atoms with Crippen LogP contribution in [0.15, 0.2) is 9.59 Å². The molecule has 0 spiro atoms. The molecule has 0 aliphatic heterocycles. The van der Waals surface area contributed by atoms with Crippen LogP contribution in [0.25, 0.3) is 11.2 Å². The first kappa shape index (κ1) is 15.3. The Balaban J connectivity index is 2.62. The molecule has 8 heteroatoms. The number of aryl methyl sites for hydroxylation is 2. The van der Waals surface area contributed by atoms with Gasteiger partial charge in [-0.2, -0.15) is 4.98 Å². The van der Waals surface area contributed by atoms with Crippen molar-refractivity contribution in [1.82, 2.24) is 19.1 Å². The normalized spacial score (nSPS) is 11.2. The van der Waals surface area contributed by atoms with Gasteiger partial charge in [-0.25, -0.2) is 4.79 Å². The van der Waals surface area contributed by atoms with Gasteiger partial charge < -0.3 is 15.0 Å². The molecule has 2 heterocycles. The van der Waals surface area contributed by atoms with Crippen molar-refractivity contribution in [2.24, 2.45) is 0 Å². The molecule has 0 saturated carbocycles. The molecule has 0 bridgehead atoms. The van der Waals surface area contributed by atoms with E-state index in [0.29, 0.717) is 43.2 Å². The molecular weight excluding hydrogens is 274 g/mol. The van der Waals surface area contributed by atoms with Crippen molar-refractivity contribution in [1.29, 1.82) is 0 Å². The lowest BCUT2D eigenvalue weighted by Crippen LogP contribution is -2.31. The summed E-state index contributed by atoms with van der Waals surface area (Å²) in [5.74, 6) is 0.543. The smallest absolute Gasteiger partial charge is 0.330 e. The van der Waals surface area contributed by atoms with Crippen LogP contribution >= 0.6 is 0 Å². The topological polar surface area (TPSA) is 105 Å². The highest BCUT2D eigenvalue weighted by Crippen LogP contribution is 2.15. The van der Waals surface area contributed by atoms with Gasteiger partial charge >= 0.3 is 5.69 Å². The summed E-state index contributed by atoms with van der Waals surface area (Å²) in [6, 6.07) is 0. The van der Waals surface area contributed by atoms with Crippen LogP contribution in [0.1, 0.15) is 26.7 Å². The SMILES string of the molecule is CCCn1c(=O)[nH]c(=O)c2c1nc(NCCCO)n2CC. The summed E-state index contributed by atoms with van der Waals surface area (Å²) in [7, 11) is 0. The maximum Gasteiger partial charge on any atom is 0.330 e. The number of imidazole rings is 1. The second-order valence-corrected chi connectivity index (χ2v) is 4.77. The van der Waals surface area contributed by atoms with Crippen molar-refractivity contribution >= 4 is 17.1 Å². The van der Waals surface area contributed by atoms with Gasteiger partial charge in [0.25, 0.3) is 5.56 Å². The minimum absolute atomic E-state index is 0.0838. The monoisotopic (exact) mass is 295 g/mol. The lowest BCUT2D eigenvalue weighted by atomic mass is 10.4. The van der Waals surface area contributed by atoms with Crippen LogP contribution in [0.3, 0.4) is 0 Å². The van der Waals surface area contributed by atoms with Gasteiger partial charge in [0.15, 0.2) is 11.2 Å². The van der Waals surface area contributed by atoms with Crippen molar-refractivity contribution in [2.45, 2.75) is 39.8 Å². The van der Waals surface area contributed by atoms with Gasteiger partial charge in [-0.1, -0.05) is 6.92 Å². The number of rotatable bonds is 7. The number of hydrogen-bond acceptors (Lipinski definition) is 5. The van der Waals surface area contributed by atoms with Gasteiger partial charge in [-0.05, 0) is 19.8 Å². The van der Waals surface area contributed by atoms with E-state index in [0.717, 1.165) is 6.42 Å². The van der Waals surface area contributed by atoms with Crippen molar-refractivity contribution in [2.75, 3.05) is 18.5 Å². The maximum atomic E-state index is 12.1. The molecule has 0 amide bonds. The average Bonchev–Trinajstić information content (AvgIpc) is 2.82. The molecule has 0 fully saturated rings. The second-order valence-electron chi connectivity index (χ2n) is 4.77. The maximum absolute atomic E-state index is 12.1. The van der Waals surface area contributed by atoms with E-state index in [9.17, 15) is 9.59 Å². The summed E-state index contributed by atoms with van der Waals surface area (Å²) < 4.78 is 3.23. The van der Waals surface area contributed by atoms with E-state index in [1.165, 1.54) is 4.57 Å². The number of aliphatic hydroxyl groups excluding tert-OH is 1. The Hall–Kier alpha value is -2.09. The average molecular weight is 295 g/mol. The molecular formula is C13H21N5O3. The van der Waals surface area contributed by atoms with Gasteiger partial charge in [-0.15, -0.1) is 0 Å². The molecule has 0 unspecified atom stereocenters. The molecule has 0 radical (unpaired) electrons. The molecule has 0 atom stereocenters. The summed E-state index contributed by atoms with van der Waals surface area (Å²) in [4.78, 5) is 30.8. The van der Waals surface area contributed by atoms with Gasteiger partial charge in [-0.3, -0.25) is 14.3 Å². The lowest BCUT2D eigenvalue weighted by molar-refractivity contribution is 0.292. The number of hydrogen-bond donors (Lipinski definition) is 3. The van der Waals surface area contributed by atoms with E-state index in [1.807, 2.05) is 13.8 Å². The Morgan fingerprint density at radius 1 is 1.29 bits per heavy atom. The van der Waals surface area contributed by atoms with Crippen LogP contribution in [0.5, 0.6) is 0 Å². The Kier molecular flexibility index (Phi) is 4.79. The summed E-state index contributed by atoms with van der Waals surface area (Å²) >= 11 is 0. The van der Waals surface area contributed by atoms with E-state index in [4.69, 9.17) is 5.11 Å². The molecule has 0 aromatic carbocycles. The van der Waals surface area contributed by atoms with Crippen LogP contribution in [-0.2, 0) is 13.1 Å². The van der Waals surface area contributed by atoms with Gasteiger partial charge in [0, 0.05) is 26.2 Å². The number of aliphatic hydroxyl groups is 1. The first-order chi connectivity index (χ1) is 10.1. The Morgan fingerprint density at radius 2 is 2.05 bits per heavy atom. The number of nitrogens with one attached hydrogen (secondary N) is 2. The zero-order valence-electron chi connectivity index (χ0n) is 12.3. The Morgan fingerprint density at radius 3 is 2.67 bits per heavy atom. The fourth-order valence-corrected chi connectivity index (χ4v) is 2.33. The zero-order chi connectivity index (χ0) is 15.4. The number of fused-ring (bicyclic) bond motifs is 1. The molecule has 2 aromatic rings. The fourth-order valence-electron chi connectivity index (χ4n) is 2.33. The highest BCUT2D eigenvalue weighted by Gasteiger charge is 2.17. The van der Waals surface area contributed by atoms with Crippen LogP contribution in [0, 0.1) is 0 Å². The predicted molar refractivity (Wildman–Crippen MR) is 80.8 cm³/mol. The third-order valence-corrected chi connectivity index (χ3v) is 3.27. The van der Waals surface area contributed by atoms with Crippen LogP contribution in [0.4, 0.5) is 5.95 Å². The number of anilines is 1. The third kappa shape index (κ3) is 2.85. The highest BCUT2D eigenvalue weighted by molar-refractivity contribution is 5.74. The van der Waals surface area contributed by atoms with Crippen molar-refractivity contribution < 1.29 is 5.11 Å². The summed E-state index contributed by atoms with van der Waals surface area (Å²) in [6.07, 6.45) is 1.36. The van der Waals surface area contributed by atoms with E-state index >= 15 is 0 Å².